The second-order valence-electron chi connectivity index (χ2n) is 5.31. The van der Waals surface area contributed by atoms with Crippen LogP contribution in [0.25, 0.3) is 11.2 Å². The van der Waals surface area contributed by atoms with Gasteiger partial charge in [-0.3, -0.25) is 14.3 Å². The fourth-order valence-electron chi connectivity index (χ4n) is 2.38. The molecule has 0 amide bonds. The summed E-state index contributed by atoms with van der Waals surface area (Å²) in [5.74, 6) is 0.413. The zero-order valence-electron chi connectivity index (χ0n) is 13.4. The number of hydrogen-bond acceptors (Lipinski definition) is 6. The van der Waals surface area contributed by atoms with Gasteiger partial charge in [-0.05, 0) is 19.1 Å². The molecule has 0 fully saturated rings. The standard InChI is InChI=1S/C15H16N6O3/c1-8(9-6-4-5-7-10(9)22)18-19-14-16-12-11(20(14)2)13(23)17-15(24)21(12)3/h4-7,22H,1-3H3,(H,16,19)(H,17,23,24). The van der Waals surface area contributed by atoms with Crippen molar-refractivity contribution in [2.45, 2.75) is 6.92 Å². The van der Waals surface area contributed by atoms with Crippen molar-refractivity contribution >= 4 is 22.8 Å². The Morgan fingerprint density at radius 3 is 2.67 bits per heavy atom. The van der Waals surface area contributed by atoms with Crippen LogP contribution >= 0.6 is 0 Å². The van der Waals surface area contributed by atoms with E-state index in [1.54, 1.807) is 38.2 Å². The van der Waals surface area contributed by atoms with Crippen LogP contribution < -0.4 is 16.7 Å². The minimum absolute atomic E-state index is 0.115. The molecule has 3 rings (SSSR count). The van der Waals surface area contributed by atoms with Crippen molar-refractivity contribution in [3.8, 4) is 5.75 Å². The van der Waals surface area contributed by atoms with Crippen molar-refractivity contribution in [3.63, 3.8) is 0 Å². The minimum Gasteiger partial charge on any atom is -0.507 e. The third-order valence-corrected chi connectivity index (χ3v) is 3.75. The molecule has 9 heteroatoms. The molecule has 0 saturated heterocycles. The van der Waals surface area contributed by atoms with Crippen molar-refractivity contribution in [1.29, 1.82) is 0 Å². The first-order valence-corrected chi connectivity index (χ1v) is 7.14. The predicted octanol–water partition coefficient (Wildman–Crippen LogP) is 0.502. The van der Waals surface area contributed by atoms with Gasteiger partial charge < -0.3 is 9.67 Å². The highest BCUT2D eigenvalue weighted by Crippen LogP contribution is 2.17. The third-order valence-electron chi connectivity index (χ3n) is 3.75. The van der Waals surface area contributed by atoms with Crippen molar-refractivity contribution in [2.75, 3.05) is 5.43 Å². The monoisotopic (exact) mass is 328 g/mol. The number of rotatable bonds is 3. The lowest BCUT2D eigenvalue weighted by Gasteiger charge is -2.05. The molecule has 2 heterocycles. The lowest BCUT2D eigenvalue weighted by atomic mass is 10.1. The first kappa shape index (κ1) is 15.5. The van der Waals surface area contributed by atoms with Crippen LogP contribution in [0.2, 0.25) is 0 Å². The molecule has 0 bridgehead atoms. The first-order chi connectivity index (χ1) is 11.4. The zero-order valence-corrected chi connectivity index (χ0v) is 13.4. The number of fused-ring (bicyclic) bond motifs is 1. The molecule has 0 radical (unpaired) electrons. The average Bonchev–Trinajstić information content (AvgIpc) is 2.88. The number of imidazole rings is 1. The molecule has 0 spiro atoms. The number of hydrogen-bond donors (Lipinski definition) is 3. The van der Waals surface area contributed by atoms with Gasteiger partial charge >= 0.3 is 5.69 Å². The van der Waals surface area contributed by atoms with Crippen LogP contribution in [-0.4, -0.2) is 29.9 Å². The molecule has 3 aromatic rings. The van der Waals surface area contributed by atoms with E-state index in [0.29, 0.717) is 17.2 Å². The van der Waals surface area contributed by atoms with E-state index in [2.05, 4.69) is 20.5 Å². The normalized spacial score (nSPS) is 11.9. The molecule has 1 aromatic carbocycles. The van der Waals surface area contributed by atoms with Gasteiger partial charge in [0.2, 0.25) is 5.95 Å². The summed E-state index contributed by atoms with van der Waals surface area (Å²) in [4.78, 5) is 30.1. The Kier molecular flexibility index (Phi) is 3.68. The molecular weight excluding hydrogens is 312 g/mol. The molecule has 9 nitrogen and oxygen atoms in total. The van der Waals surface area contributed by atoms with E-state index in [9.17, 15) is 14.7 Å². The first-order valence-electron chi connectivity index (χ1n) is 7.14. The van der Waals surface area contributed by atoms with Crippen LogP contribution in [-0.2, 0) is 14.1 Å². The fourth-order valence-corrected chi connectivity index (χ4v) is 2.38. The van der Waals surface area contributed by atoms with Crippen LogP contribution in [0.15, 0.2) is 39.0 Å². The van der Waals surface area contributed by atoms with E-state index < -0.39 is 11.2 Å². The summed E-state index contributed by atoms with van der Waals surface area (Å²) in [5.41, 5.74) is 3.35. The van der Waals surface area contributed by atoms with Crippen LogP contribution in [0.4, 0.5) is 5.95 Å². The lowest BCUT2D eigenvalue weighted by molar-refractivity contribution is 0.474. The van der Waals surface area contributed by atoms with Crippen molar-refractivity contribution in [2.24, 2.45) is 19.2 Å². The Labute approximate surface area is 135 Å². The summed E-state index contributed by atoms with van der Waals surface area (Å²) in [6.07, 6.45) is 0. The average molecular weight is 328 g/mol. The predicted molar refractivity (Wildman–Crippen MR) is 90.5 cm³/mol. The zero-order chi connectivity index (χ0) is 17.4. The summed E-state index contributed by atoms with van der Waals surface area (Å²) < 4.78 is 2.76. The number of phenols is 1. The Hall–Kier alpha value is -3.36. The maximum Gasteiger partial charge on any atom is 0.329 e. The van der Waals surface area contributed by atoms with Crippen LogP contribution in [0.1, 0.15) is 12.5 Å². The Bertz CT molecular complexity index is 1070. The smallest absolute Gasteiger partial charge is 0.329 e. The molecule has 0 aliphatic heterocycles. The highest BCUT2D eigenvalue weighted by atomic mass is 16.3. The molecule has 0 saturated carbocycles. The minimum atomic E-state index is -0.536. The summed E-state index contributed by atoms with van der Waals surface area (Å²) in [5, 5.41) is 14.0. The van der Waals surface area contributed by atoms with Gasteiger partial charge in [0, 0.05) is 19.7 Å². The Balaban J connectivity index is 2.04. The number of nitrogens with one attached hydrogen (secondary N) is 2. The molecule has 0 atom stereocenters. The van der Waals surface area contributed by atoms with Gasteiger partial charge in [-0.1, -0.05) is 12.1 Å². The van der Waals surface area contributed by atoms with E-state index in [1.165, 1.54) is 16.2 Å². The van der Waals surface area contributed by atoms with Gasteiger partial charge in [-0.25, -0.2) is 10.2 Å². The van der Waals surface area contributed by atoms with Crippen LogP contribution in [0.5, 0.6) is 5.75 Å². The molecule has 124 valence electrons. The van der Waals surface area contributed by atoms with E-state index in [-0.39, 0.29) is 16.9 Å². The quantitative estimate of drug-likeness (QED) is 0.478. The second-order valence-corrected chi connectivity index (χ2v) is 5.31. The maximum absolute atomic E-state index is 12.0. The number of aryl methyl sites for hydroxylation is 2. The number of hydrazone groups is 1. The number of anilines is 1. The van der Waals surface area contributed by atoms with Crippen molar-refractivity contribution < 1.29 is 5.11 Å². The number of para-hydroxylation sites is 1. The summed E-state index contributed by atoms with van der Waals surface area (Å²) >= 11 is 0. The molecule has 2 aromatic heterocycles. The number of phenolic OH excluding ortho intramolecular Hbond substituents is 1. The highest BCUT2D eigenvalue weighted by molar-refractivity contribution is 6.01. The van der Waals surface area contributed by atoms with E-state index in [0.717, 1.165) is 0 Å². The van der Waals surface area contributed by atoms with E-state index >= 15 is 0 Å². The summed E-state index contributed by atoms with van der Waals surface area (Å²) in [6, 6.07) is 6.81. The third kappa shape index (κ3) is 2.45. The maximum atomic E-state index is 12.0. The molecular formula is C15H16N6O3. The summed E-state index contributed by atoms with van der Waals surface area (Å²) in [7, 11) is 3.16. The van der Waals surface area contributed by atoms with Gasteiger partial charge in [-0.15, -0.1) is 0 Å². The van der Waals surface area contributed by atoms with Crippen LogP contribution in [0, 0.1) is 0 Å². The summed E-state index contributed by atoms with van der Waals surface area (Å²) in [6.45, 7) is 1.73. The van der Waals surface area contributed by atoms with Crippen LogP contribution in [0.3, 0.4) is 0 Å². The second kappa shape index (κ2) is 5.69. The fraction of sp³-hybridized carbons (Fsp3) is 0.200. The van der Waals surface area contributed by atoms with Crippen molar-refractivity contribution in [3.05, 3.63) is 50.7 Å². The number of aromatic hydroxyl groups is 1. The number of aromatic amines is 1. The Morgan fingerprint density at radius 2 is 1.96 bits per heavy atom. The van der Waals surface area contributed by atoms with Gasteiger partial charge in [0.25, 0.3) is 5.56 Å². The molecule has 0 unspecified atom stereocenters. The number of aromatic nitrogens is 4. The van der Waals surface area contributed by atoms with Gasteiger partial charge in [0.15, 0.2) is 11.2 Å². The lowest BCUT2D eigenvalue weighted by Crippen LogP contribution is -2.29. The Morgan fingerprint density at radius 1 is 1.25 bits per heavy atom. The van der Waals surface area contributed by atoms with Gasteiger partial charge in [0.05, 0.1) is 5.71 Å². The number of H-pyrrole nitrogens is 1. The molecule has 24 heavy (non-hydrogen) atoms. The van der Waals surface area contributed by atoms with Crippen molar-refractivity contribution in [1.82, 2.24) is 19.1 Å². The molecule has 3 N–H and O–H groups in total. The highest BCUT2D eigenvalue weighted by Gasteiger charge is 2.14. The van der Waals surface area contributed by atoms with Gasteiger partial charge in [-0.2, -0.15) is 10.1 Å². The largest absolute Gasteiger partial charge is 0.507 e. The SMILES string of the molecule is CC(=NNc1nc2c(c(=O)[nH]c(=O)n2C)n1C)c1ccccc1O. The topological polar surface area (TPSA) is 117 Å². The number of nitrogens with zero attached hydrogens (tertiary/aromatic N) is 4. The van der Waals surface area contributed by atoms with E-state index in [1.807, 2.05) is 0 Å². The number of benzene rings is 1. The van der Waals surface area contributed by atoms with Gasteiger partial charge in [0.1, 0.15) is 5.75 Å². The molecule has 0 aliphatic carbocycles. The van der Waals surface area contributed by atoms with E-state index in [4.69, 9.17) is 0 Å². The molecule has 0 aliphatic rings.